The van der Waals surface area contributed by atoms with Crippen molar-refractivity contribution >= 4 is 18.3 Å². The molecule has 2 saturated heterocycles. The van der Waals surface area contributed by atoms with Gasteiger partial charge in [0.25, 0.3) is 0 Å². The fourth-order valence-electron chi connectivity index (χ4n) is 2.99. The van der Waals surface area contributed by atoms with E-state index in [-0.39, 0.29) is 12.4 Å². The fraction of sp³-hybridized carbons (Fsp3) is 0.923. The van der Waals surface area contributed by atoms with Crippen molar-refractivity contribution in [2.24, 2.45) is 0 Å². The van der Waals surface area contributed by atoms with Gasteiger partial charge in [0.1, 0.15) is 0 Å². The molecule has 2 rings (SSSR count). The number of nitrogens with zero attached hydrogens (tertiary/aromatic N) is 2. The van der Waals surface area contributed by atoms with Gasteiger partial charge in [0, 0.05) is 25.7 Å². The molecule has 0 aromatic heterocycles. The Balaban J connectivity index is 0.00000162. The van der Waals surface area contributed by atoms with E-state index in [0.717, 1.165) is 26.2 Å². The van der Waals surface area contributed by atoms with Crippen molar-refractivity contribution in [1.29, 1.82) is 0 Å². The number of halogens is 1. The molecule has 1 N–H and O–H groups in total. The first kappa shape index (κ1) is 15.7. The fourth-order valence-corrected chi connectivity index (χ4v) is 2.99. The lowest BCUT2D eigenvalue weighted by molar-refractivity contribution is -0.133. The molecule has 0 radical (unpaired) electrons. The van der Waals surface area contributed by atoms with Crippen molar-refractivity contribution in [2.45, 2.75) is 38.1 Å². The van der Waals surface area contributed by atoms with E-state index in [4.69, 9.17) is 0 Å². The topological polar surface area (TPSA) is 35.6 Å². The number of likely N-dealkylation sites (N-methyl/N-ethyl adjacent to an activating group) is 1. The Morgan fingerprint density at radius 3 is 2.56 bits per heavy atom. The van der Waals surface area contributed by atoms with Gasteiger partial charge in [-0.25, -0.2) is 0 Å². The van der Waals surface area contributed by atoms with Crippen molar-refractivity contribution in [1.82, 2.24) is 15.1 Å². The van der Waals surface area contributed by atoms with Crippen LogP contribution in [0, 0.1) is 0 Å². The molecule has 18 heavy (non-hydrogen) atoms. The summed E-state index contributed by atoms with van der Waals surface area (Å²) in [5.41, 5.74) is 0. The van der Waals surface area contributed by atoms with Crippen molar-refractivity contribution in [2.75, 3.05) is 39.8 Å². The third kappa shape index (κ3) is 4.11. The predicted octanol–water partition coefficient (Wildman–Crippen LogP) is 1.10. The van der Waals surface area contributed by atoms with Crippen LogP contribution in [0.15, 0.2) is 0 Å². The first-order valence-electron chi connectivity index (χ1n) is 6.97. The Morgan fingerprint density at radius 1 is 1.17 bits per heavy atom. The second-order valence-electron chi connectivity index (χ2n) is 5.27. The number of nitrogens with one attached hydrogen (secondary N) is 1. The van der Waals surface area contributed by atoms with Crippen LogP contribution in [0.1, 0.15) is 32.1 Å². The molecule has 1 amide bonds. The average Bonchev–Trinajstić information content (AvgIpc) is 2.78. The van der Waals surface area contributed by atoms with Crippen LogP contribution in [0.4, 0.5) is 0 Å². The molecule has 2 aliphatic heterocycles. The minimum atomic E-state index is 0. The lowest BCUT2D eigenvalue weighted by Crippen LogP contribution is -2.46. The highest BCUT2D eigenvalue weighted by atomic mass is 35.5. The van der Waals surface area contributed by atoms with Crippen LogP contribution < -0.4 is 5.32 Å². The van der Waals surface area contributed by atoms with Crippen molar-refractivity contribution in [3.8, 4) is 0 Å². The number of carbonyl (C=O) groups excluding carboxylic acids is 1. The molecule has 2 fully saturated rings. The maximum absolute atomic E-state index is 12.2. The van der Waals surface area contributed by atoms with Gasteiger partial charge in [-0.05, 0) is 45.7 Å². The molecular formula is C13H26ClN3O. The number of hydrogen-bond acceptors (Lipinski definition) is 3. The van der Waals surface area contributed by atoms with E-state index < -0.39 is 0 Å². The third-order valence-corrected chi connectivity index (χ3v) is 3.99. The van der Waals surface area contributed by atoms with E-state index in [1.807, 2.05) is 7.05 Å². The molecular weight excluding hydrogens is 250 g/mol. The number of piperidine rings is 1. The van der Waals surface area contributed by atoms with E-state index in [9.17, 15) is 4.79 Å². The molecule has 106 valence electrons. The zero-order valence-corrected chi connectivity index (χ0v) is 12.2. The second-order valence-corrected chi connectivity index (χ2v) is 5.27. The highest BCUT2D eigenvalue weighted by molar-refractivity contribution is 5.85. The van der Waals surface area contributed by atoms with E-state index >= 15 is 0 Å². The maximum atomic E-state index is 12.2. The maximum Gasteiger partial charge on any atom is 0.236 e. The van der Waals surface area contributed by atoms with Gasteiger partial charge in [-0.2, -0.15) is 0 Å². The second kappa shape index (κ2) is 7.97. The Morgan fingerprint density at radius 2 is 1.89 bits per heavy atom. The summed E-state index contributed by atoms with van der Waals surface area (Å²) in [5, 5.41) is 3.23. The summed E-state index contributed by atoms with van der Waals surface area (Å²) in [6.07, 6.45) is 6.13. The summed E-state index contributed by atoms with van der Waals surface area (Å²) in [4.78, 5) is 16.6. The minimum absolute atomic E-state index is 0. The zero-order valence-electron chi connectivity index (χ0n) is 11.4. The molecule has 2 aliphatic rings. The van der Waals surface area contributed by atoms with Crippen LogP contribution in [0.3, 0.4) is 0 Å². The molecule has 0 bridgehead atoms. The summed E-state index contributed by atoms with van der Waals surface area (Å²) in [6, 6.07) is 0.564. The molecule has 0 aromatic carbocycles. The summed E-state index contributed by atoms with van der Waals surface area (Å²) >= 11 is 0. The lowest BCUT2D eigenvalue weighted by Gasteiger charge is -2.30. The van der Waals surface area contributed by atoms with Crippen LogP contribution >= 0.6 is 12.4 Å². The summed E-state index contributed by atoms with van der Waals surface area (Å²) in [7, 11) is 1.99. The van der Waals surface area contributed by atoms with Gasteiger partial charge in [0.05, 0.1) is 6.54 Å². The third-order valence-electron chi connectivity index (χ3n) is 3.99. The predicted molar refractivity (Wildman–Crippen MR) is 76.2 cm³/mol. The molecule has 5 heteroatoms. The first-order chi connectivity index (χ1) is 8.31. The van der Waals surface area contributed by atoms with Crippen molar-refractivity contribution in [3.63, 3.8) is 0 Å². The Hall–Kier alpha value is -0.320. The van der Waals surface area contributed by atoms with Gasteiger partial charge in [0.15, 0.2) is 0 Å². The Labute approximate surface area is 116 Å². The largest absolute Gasteiger partial charge is 0.342 e. The Bertz CT molecular complexity index is 257. The summed E-state index contributed by atoms with van der Waals surface area (Å²) in [6.45, 7) is 4.68. The molecule has 2 heterocycles. The molecule has 0 aromatic rings. The van der Waals surface area contributed by atoms with Gasteiger partial charge in [-0.3, -0.25) is 9.69 Å². The highest BCUT2D eigenvalue weighted by Crippen LogP contribution is 2.17. The smallest absolute Gasteiger partial charge is 0.236 e. The molecule has 1 unspecified atom stereocenters. The number of hydrogen-bond donors (Lipinski definition) is 1. The molecule has 1 atom stereocenters. The van der Waals surface area contributed by atoms with Crippen molar-refractivity contribution < 1.29 is 4.79 Å². The van der Waals surface area contributed by atoms with Crippen LogP contribution in [0.5, 0.6) is 0 Å². The molecule has 0 spiro atoms. The van der Waals surface area contributed by atoms with Gasteiger partial charge in [-0.15, -0.1) is 12.4 Å². The minimum Gasteiger partial charge on any atom is -0.342 e. The lowest BCUT2D eigenvalue weighted by atomic mass is 10.1. The van der Waals surface area contributed by atoms with Crippen LogP contribution in [0.2, 0.25) is 0 Å². The van der Waals surface area contributed by atoms with E-state index in [1.54, 1.807) is 0 Å². The standard InChI is InChI=1S/C13H25N3O.ClH/c1-14-10-12-6-5-9-16(12)11-13(17)15-7-3-2-4-8-15;/h12,14H,2-11H2,1H3;1H. The monoisotopic (exact) mass is 275 g/mol. The molecule has 4 nitrogen and oxygen atoms in total. The van der Waals surface area contributed by atoms with Crippen LogP contribution in [-0.2, 0) is 4.79 Å². The average molecular weight is 276 g/mol. The van der Waals surface area contributed by atoms with E-state index in [0.29, 0.717) is 18.5 Å². The number of likely N-dealkylation sites (tertiary alicyclic amines) is 2. The summed E-state index contributed by atoms with van der Waals surface area (Å²) in [5.74, 6) is 0.340. The first-order valence-corrected chi connectivity index (χ1v) is 6.97. The highest BCUT2D eigenvalue weighted by Gasteiger charge is 2.27. The van der Waals surface area contributed by atoms with Gasteiger partial charge in [0.2, 0.25) is 5.91 Å². The normalized spacial score (nSPS) is 24.9. The zero-order chi connectivity index (χ0) is 12.1. The van der Waals surface area contributed by atoms with Crippen molar-refractivity contribution in [3.05, 3.63) is 0 Å². The number of amides is 1. The quantitative estimate of drug-likeness (QED) is 0.835. The molecule has 0 aliphatic carbocycles. The Kier molecular flexibility index (Phi) is 6.97. The van der Waals surface area contributed by atoms with Gasteiger partial charge < -0.3 is 10.2 Å². The van der Waals surface area contributed by atoms with Crippen LogP contribution in [-0.4, -0.2) is 61.5 Å². The molecule has 0 saturated carbocycles. The van der Waals surface area contributed by atoms with E-state index in [1.165, 1.54) is 32.1 Å². The van der Waals surface area contributed by atoms with Gasteiger partial charge >= 0.3 is 0 Å². The van der Waals surface area contributed by atoms with Crippen LogP contribution in [0.25, 0.3) is 0 Å². The SMILES string of the molecule is CNCC1CCCN1CC(=O)N1CCCCC1.Cl. The summed E-state index contributed by atoms with van der Waals surface area (Å²) < 4.78 is 0. The number of rotatable bonds is 4. The van der Waals surface area contributed by atoms with E-state index in [2.05, 4.69) is 15.1 Å². The van der Waals surface area contributed by atoms with Gasteiger partial charge in [-0.1, -0.05) is 0 Å². The number of carbonyl (C=O) groups is 1.